The van der Waals surface area contributed by atoms with Gasteiger partial charge >= 0.3 is 0 Å². The van der Waals surface area contributed by atoms with E-state index in [1.165, 1.54) is 0 Å². The highest BCUT2D eigenvalue weighted by molar-refractivity contribution is 9.10. The van der Waals surface area contributed by atoms with Gasteiger partial charge < -0.3 is 15.0 Å². The summed E-state index contributed by atoms with van der Waals surface area (Å²) in [6.07, 6.45) is 0. The zero-order chi connectivity index (χ0) is 10.7. The number of nitrogens with one attached hydrogen (secondary N) is 1. The molecule has 0 spiro atoms. The lowest BCUT2D eigenvalue weighted by Gasteiger charge is -2.27. The number of methoxy groups -OCH3 is 1. The first-order valence-electron chi connectivity index (χ1n) is 4.86. The van der Waals surface area contributed by atoms with Crippen LogP contribution in [0.25, 0.3) is 0 Å². The largest absolute Gasteiger partial charge is 0.362 e. The number of piperazine rings is 1. The number of ether oxygens (including phenoxy) is 1. The Morgan fingerprint density at radius 3 is 2.87 bits per heavy atom. The Morgan fingerprint density at radius 1 is 1.47 bits per heavy atom. The minimum absolute atomic E-state index is 0.428. The number of hydrogen-bond acceptors (Lipinski definition) is 5. The number of aromatic nitrogens is 3. The molecule has 0 amide bonds. The zero-order valence-corrected chi connectivity index (χ0v) is 10.2. The molecule has 1 aromatic heterocycles. The van der Waals surface area contributed by atoms with Crippen molar-refractivity contribution in [3.63, 3.8) is 0 Å². The third-order valence-electron chi connectivity index (χ3n) is 2.28. The van der Waals surface area contributed by atoms with E-state index in [4.69, 9.17) is 4.74 Å². The van der Waals surface area contributed by atoms with Gasteiger partial charge in [0.05, 0.1) is 0 Å². The topological polar surface area (TPSA) is 55.2 Å². The molecule has 0 unspecified atom stereocenters. The summed E-state index contributed by atoms with van der Waals surface area (Å²) in [5, 5.41) is 7.51. The summed E-state index contributed by atoms with van der Waals surface area (Å²) in [6, 6.07) is 0. The predicted molar refractivity (Wildman–Crippen MR) is 59.8 cm³/mol. The maximum atomic E-state index is 5.07. The smallest absolute Gasteiger partial charge is 0.227 e. The first kappa shape index (κ1) is 10.8. The first-order valence-corrected chi connectivity index (χ1v) is 5.65. The number of halogens is 1. The van der Waals surface area contributed by atoms with Gasteiger partial charge in [-0.1, -0.05) is 0 Å². The molecule has 1 N–H and O–H groups in total. The molecular formula is C8H14BrN5O. The fourth-order valence-electron chi connectivity index (χ4n) is 1.61. The van der Waals surface area contributed by atoms with Gasteiger partial charge in [0.2, 0.25) is 10.7 Å². The second kappa shape index (κ2) is 4.91. The Morgan fingerprint density at radius 2 is 2.20 bits per heavy atom. The van der Waals surface area contributed by atoms with E-state index in [0.717, 1.165) is 32.1 Å². The van der Waals surface area contributed by atoms with Gasteiger partial charge in [-0.15, -0.1) is 5.10 Å². The Balaban J connectivity index is 2.17. The number of hydrogen-bond donors (Lipinski definition) is 1. The van der Waals surface area contributed by atoms with Crippen molar-refractivity contribution in [3.05, 3.63) is 4.73 Å². The summed E-state index contributed by atoms with van der Waals surface area (Å²) >= 11 is 3.28. The molecule has 1 aliphatic heterocycles. The van der Waals surface area contributed by atoms with Crippen LogP contribution in [0.15, 0.2) is 4.73 Å². The van der Waals surface area contributed by atoms with Crippen LogP contribution in [0.4, 0.5) is 5.95 Å². The maximum Gasteiger partial charge on any atom is 0.227 e. The lowest BCUT2D eigenvalue weighted by atomic mass is 10.4. The molecule has 6 nitrogen and oxygen atoms in total. The number of rotatable bonds is 3. The minimum Gasteiger partial charge on any atom is -0.362 e. The van der Waals surface area contributed by atoms with E-state index in [1.807, 2.05) is 0 Å². The number of anilines is 1. The monoisotopic (exact) mass is 275 g/mol. The molecule has 1 fully saturated rings. The molecule has 2 heterocycles. The first-order chi connectivity index (χ1) is 7.31. The van der Waals surface area contributed by atoms with Crippen LogP contribution >= 0.6 is 15.9 Å². The third-order valence-corrected chi connectivity index (χ3v) is 2.61. The average molecular weight is 276 g/mol. The summed E-state index contributed by atoms with van der Waals surface area (Å²) in [5.41, 5.74) is 0. The highest BCUT2D eigenvalue weighted by Gasteiger charge is 2.17. The molecular weight excluding hydrogens is 262 g/mol. The molecule has 0 bridgehead atoms. The molecule has 0 aliphatic carbocycles. The van der Waals surface area contributed by atoms with Gasteiger partial charge in [-0.2, -0.15) is 4.98 Å². The zero-order valence-electron chi connectivity index (χ0n) is 8.61. The van der Waals surface area contributed by atoms with Gasteiger partial charge in [-0.25, -0.2) is 4.68 Å². The van der Waals surface area contributed by atoms with Crippen LogP contribution < -0.4 is 10.2 Å². The highest BCUT2D eigenvalue weighted by atomic mass is 79.9. The third kappa shape index (κ3) is 2.47. The summed E-state index contributed by atoms with van der Waals surface area (Å²) in [7, 11) is 1.65. The maximum absolute atomic E-state index is 5.07. The molecule has 0 aromatic carbocycles. The average Bonchev–Trinajstić information content (AvgIpc) is 2.62. The van der Waals surface area contributed by atoms with Gasteiger partial charge in [-0.3, -0.25) is 0 Å². The van der Waals surface area contributed by atoms with Gasteiger partial charge in [-0.05, 0) is 15.9 Å². The van der Waals surface area contributed by atoms with Crippen LogP contribution in [0, 0.1) is 0 Å². The van der Waals surface area contributed by atoms with E-state index in [0.29, 0.717) is 11.5 Å². The summed E-state index contributed by atoms with van der Waals surface area (Å²) in [5.74, 6) is 0.866. The van der Waals surface area contributed by atoms with E-state index in [9.17, 15) is 0 Å². The van der Waals surface area contributed by atoms with Crippen LogP contribution in [0.3, 0.4) is 0 Å². The van der Waals surface area contributed by atoms with Crippen LogP contribution in [0.1, 0.15) is 0 Å². The molecule has 1 aliphatic rings. The summed E-state index contributed by atoms with van der Waals surface area (Å²) in [4.78, 5) is 6.54. The van der Waals surface area contributed by atoms with Crippen molar-refractivity contribution in [2.24, 2.45) is 0 Å². The standard InChI is InChI=1S/C8H14BrN5O/c1-15-6-14-8(11-7(9)12-14)13-4-2-10-3-5-13/h10H,2-6H2,1H3. The lowest BCUT2D eigenvalue weighted by molar-refractivity contribution is 0.121. The normalized spacial score (nSPS) is 17.1. The van der Waals surface area contributed by atoms with E-state index in [1.54, 1.807) is 11.8 Å². The van der Waals surface area contributed by atoms with Gasteiger partial charge in [0.15, 0.2) is 0 Å². The van der Waals surface area contributed by atoms with Crippen molar-refractivity contribution in [1.29, 1.82) is 0 Å². The van der Waals surface area contributed by atoms with Crippen molar-refractivity contribution in [1.82, 2.24) is 20.1 Å². The molecule has 0 saturated carbocycles. The summed E-state index contributed by atoms with van der Waals surface area (Å²) in [6.45, 7) is 4.30. The Bertz CT molecular complexity index is 323. The summed E-state index contributed by atoms with van der Waals surface area (Å²) < 4.78 is 7.43. The Hall–Kier alpha value is -0.660. The fraction of sp³-hybridized carbons (Fsp3) is 0.750. The second-order valence-corrected chi connectivity index (χ2v) is 4.04. The van der Waals surface area contributed by atoms with Gasteiger partial charge in [0.25, 0.3) is 0 Å². The number of nitrogens with zero attached hydrogens (tertiary/aromatic N) is 4. The lowest BCUT2D eigenvalue weighted by Crippen LogP contribution is -2.44. The molecule has 1 saturated heterocycles. The van der Waals surface area contributed by atoms with E-state index < -0.39 is 0 Å². The SMILES string of the molecule is COCn1nc(Br)nc1N1CCNCC1. The second-order valence-electron chi connectivity index (χ2n) is 3.34. The van der Waals surface area contributed by atoms with E-state index in [2.05, 4.69) is 36.2 Å². The van der Waals surface area contributed by atoms with Crippen molar-refractivity contribution >= 4 is 21.9 Å². The van der Waals surface area contributed by atoms with Gasteiger partial charge in [0.1, 0.15) is 6.73 Å². The molecule has 15 heavy (non-hydrogen) atoms. The van der Waals surface area contributed by atoms with Crippen molar-refractivity contribution in [2.75, 3.05) is 38.2 Å². The fourth-order valence-corrected chi connectivity index (χ4v) is 1.96. The van der Waals surface area contributed by atoms with Crippen molar-refractivity contribution < 1.29 is 4.74 Å². The quantitative estimate of drug-likeness (QED) is 0.845. The van der Waals surface area contributed by atoms with Crippen LogP contribution in [-0.2, 0) is 11.5 Å². The van der Waals surface area contributed by atoms with E-state index in [-0.39, 0.29) is 0 Å². The van der Waals surface area contributed by atoms with Crippen molar-refractivity contribution in [3.8, 4) is 0 Å². The molecule has 7 heteroatoms. The van der Waals surface area contributed by atoms with Crippen LogP contribution in [0.2, 0.25) is 0 Å². The Kier molecular flexibility index (Phi) is 3.55. The Labute approximate surface area is 96.7 Å². The van der Waals surface area contributed by atoms with E-state index >= 15 is 0 Å². The van der Waals surface area contributed by atoms with Crippen molar-refractivity contribution in [2.45, 2.75) is 6.73 Å². The molecule has 1 aromatic rings. The minimum atomic E-state index is 0.428. The van der Waals surface area contributed by atoms with Gasteiger partial charge in [0, 0.05) is 33.3 Å². The molecule has 2 rings (SSSR count). The predicted octanol–water partition coefficient (Wildman–Crippen LogP) is 0.0541. The van der Waals surface area contributed by atoms with Crippen LogP contribution in [0.5, 0.6) is 0 Å². The molecule has 0 radical (unpaired) electrons. The molecule has 84 valence electrons. The van der Waals surface area contributed by atoms with Crippen LogP contribution in [-0.4, -0.2) is 48.1 Å². The highest BCUT2D eigenvalue weighted by Crippen LogP contribution is 2.15. The molecule has 0 atom stereocenters.